The van der Waals surface area contributed by atoms with Crippen LogP contribution in [-0.4, -0.2) is 16.1 Å². The van der Waals surface area contributed by atoms with Gasteiger partial charge in [0.2, 0.25) is 0 Å². The van der Waals surface area contributed by atoms with Crippen LogP contribution in [0.2, 0.25) is 0 Å². The van der Waals surface area contributed by atoms with E-state index in [1.54, 1.807) is 6.26 Å². The molecule has 2 heterocycles. The summed E-state index contributed by atoms with van der Waals surface area (Å²) < 4.78 is 7.46. The van der Waals surface area contributed by atoms with Crippen molar-refractivity contribution >= 4 is 0 Å². The fraction of sp³-hybridized carbons (Fsp3) is 0.462. The van der Waals surface area contributed by atoms with E-state index in [0.29, 0.717) is 0 Å². The van der Waals surface area contributed by atoms with Crippen LogP contribution < -0.4 is 5.32 Å². The number of nitrogens with one attached hydrogen (secondary N) is 1. The van der Waals surface area contributed by atoms with Crippen molar-refractivity contribution in [3.05, 3.63) is 42.4 Å². The van der Waals surface area contributed by atoms with Crippen LogP contribution in [0.5, 0.6) is 0 Å². The van der Waals surface area contributed by atoms with Crippen LogP contribution in [0.3, 0.4) is 0 Å². The maximum Gasteiger partial charge on any atom is 0.126 e. The van der Waals surface area contributed by atoms with Gasteiger partial charge in [0.05, 0.1) is 12.3 Å². The van der Waals surface area contributed by atoms with E-state index in [9.17, 15) is 0 Å². The van der Waals surface area contributed by atoms with Gasteiger partial charge >= 0.3 is 0 Å². The van der Waals surface area contributed by atoms with Gasteiger partial charge in [-0.05, 0) is 25.1 Å². The molecule has 0 saturated carbocycles. The summed E-state index contributed by atoms with van der Waals surface area (Å²) in [5.41, 5.74) is 0. The third-order valence-electron chi connectivity index (χ3n) is 2.80. The van der Waals surface area contributed by atoms with Crippen LogP contribution in [0.15, 0.2) is 35.2 Å². The Morgan fingerprint density at radius 2 is 2.41 bits per heavy atom. The number of aryl methyl sites for hydroxylation is 1. The molecule has 2 aromatic rings. The van der Waals surface area contributed by atoms with Gasteiger partial charge in [0.15, 0.2) is 0 Å². The largest absolute Gasteiger partial charge is 0.469 e. The van der Waals surface area contributed by atoms with Gasteiger partial charge in [0, 0.05) is 25.9 Å². The van der Waals surface area contributed by atoms with E-state index in [4.69, 9.17) is 4.42 Å². The highest BCUT2D eigenvalue weighted by atomic mass is 16.3. The number of nitrogens with zero attached hydrogens (tertiary/aromatic N) is 2. The first-order chi connectivity index (χ1) is 8.31. The number of aromatic nitrogens is 2. The fourth-order valence-corrected chi connectivity index (χ4v) is 1.92. The smallest absolute Gasteiger partial charge is 0.126 e. The molecule has 0 amide bonds. The van der Waals surface area contributed by atoms with Crippen molar-refractivity contribution in [3.63, 3.8) is 0 Å². The Kier molecular flexibility index (Phi) is 3.98. The van der Waals surface area contributed by atoms with Crippen molar-refractivity contribution in [2.75, 3.05) is 6.54 Å². The van der Waals surface area contributed by atoms with Crippen LogP contribution >= 0.6 is 0 Å². The minimum atomic E-state index is 0.209. The van der Waals surface area contributed by atoms with Gasteiger partial charge in [0.25, 0.3) is 0 Å². The van der Waals surface area contributed by atoms with E-state index in [-0.39, 0.29) is 6.04 Å². The maximum absolute atomic E-state index is 5.40. The van der Waals surface area contributed by atoms with E-state index in [1.807, 2.05) is 31.6 Å². The molecule has 2 rings (SSSR count). The molecule has 2 aromatic heterocycles. The van der Waals surface area contributed by atoms with Crippen molar-refractivity contribution in [2.24, 2.45) is 7.05 Å². The molecule has 92 valence electrons. The lowest BCUT2D eigenvalue weighted by molar-refractivity contribution is 0.431. The maximum atomic E-state index is 5.40. The predicted octanol–water partition coefficient (Wildman–Crippen LogP) is 2.30. The summed E-state index contributed by atoms with van der Waals surface area (Å²) in [6, 6.07) is 4.13. The van der Waals surface area contributed by atoms with Gasteiger partial charge in [-0.2, -0.15) is 0 Å². The third-order valence-corrected chi connectivity index (χ3v) is 2.80. The average molecular weight is 233 g/mol. The average Bonchev–Trinajstić information content (AvgIpc) is 2.95. The summed E-state index contributed by atoms with van der Waals surface area (Å²) in [6.07, 6.45) is 7.46. The van der Waals surface area contributed by atoms with Gasteiger partial charge in [-0.15, -0.1) is 0 Å². The molecule has 0 aliphatic rings. The Labute approximate surface area is 102 Å². The second kappa shape index (κ2) is 5.68. The second-order valence-corrected chi connectivity index (χ2v) is 4.19. The molecule has 0 bridgehead atoms. The summed E-state index contributed by atoms with van der Waals surface area (Å²) in [5.74, 6) is 2.04. The molecule has 1 N–H and O–H groups in total. The molecule has 4 heteroatoms. The molecule has 0 fully saturated rings. The summed E-state index contributed by atoms with van der Waals surface area (Å²) in [4.78, 5) is 4.41. The highest BCUT2D eigenvalue weighted by Gasteiger charge is 2.16. The molecule has 1 atom stereocenters. The molecule has 0 aromatic carbocycles. The zero-order valence-electron chi connectivity index (χ0n) is 10.4. The van der Waals surface area contributed by atoms with Gasteiger partial charge in [-0.3, -0.25) is 0 Å². The summed E-state index contributed by atoms with van der Waals surface area (Å²) in [5, 5.41) is 3.51. The quantitative estimate of drug-likeness (QED) is 0.832. The van der Waals surface area contributed by atoms with E-state index >= 15 is 0 Å². The summed E-state index contributed by atoms with van der Waals surface area (Å²) in [6.45, 7) is 3.15. The Hall–Kier alpha value is -1.55. The lowest BCUT2D eigenvalue weighted by atomic mass is 10.1. The van der Waals surface area contributed by atoms with Crippen molar-refractivity contribution < 1.29 is 4.42 Å². The molecular formula is C13H19N3O. The minimum absolute atomic E-state index is 0.209. The SMILES string of the molecule is CCCNC(Cc1ccco1)c1nccn1C. The lowest BCUT2D eigenvalue weighted by Gasteiger charge is -2.17. The number of imidazole rings is 1. The summed E-state index contributed by atoms with van der Waals surface area (Å²) >= 11 is 0. The highest BCUT2D eigenvalue weighted by Crippen LogP contribution is 2.16. The first kappa shape index (κ1) is 11.9. The topological polar surface area (TPSA) is 43.0 Å². The van der Waals surface area contributed by atoms with Gasteiger partial charge in [0.1, 0.15) is 11.6 Å². The monoisotopic (exact) mass is 233 g/mol. The zero-order chi connectivity index (χ0) is 12.1. The predicted molar refractivity (Wildman–Crippen MR) is 66.7 cm³/mol. The summed E-state index contributed by atoms with van der Waals surface area (Å²) in [7, 11) is 2.02. The number of hydrogen-bond donors (Lipinski definition) is 1. The van der Waals surface area contributed by atoms with E-state index in [0.717, 1.165) is 31.0 Å². The van der Waals surface area contributed by atoms with Crippen LogP contribution in [0.1, 0.15) is 31.0 Å². The van der Waals surface area contributed by atoms with Crippen molar-refractivity contribution in [3.8, 4) is 0 Å². The van der Waals surface area contributed by atoms with Gasteiger partial charge < -0.3 is 14.3 Å². The Morgan fingerprint density at radius 3 is 3.00 bits per heavy atom. The number of furan rings is 1. The van der Waals surface area contributed by atoms with E-state index < -0.39 is 0 Å². The molecule has 1 unspecified atom stereocenters. The Bertz CT molecular complexity index is 433. The third kappa shape index (κ3) is 2.97. The van der Waals surface area contributed by atoms with E-state index in [2.05, 4.69) is 21.8 Å². The first-order valence-electron chi connectivity index (χ1n) is 6.04. The van der Waals surface area contributed by atoms with Crippen LogP contribution in [0.4, 0.5) is 0 Å². The van der Waals surface area contributed by atoms with Crippen LogP contribution in [0, 0.1) is 0 Å². The zero-order valence-corrected chi connectivity index (χ0v) is 10.4. The Morgan fingerprint density at radius 1 is 1.53 bits per heavy atom. The van der Waals surface area contributed by atoms with Crippen LogP contribution in [-0.2, 0) is 13.5 Å². The Balaban J connectivity index is 2.11. The standard InChI is InChI=1S/C13H19N3O/c1-3-6-14-12(10-11-5-4-9-17-11)13-15-7-8-16(13)2/h4-5,7-9,12,14H,3,6,10H2,1-2H3. The minimum Gasteiger partial charge on any atom is -0.469 e. The number of rotatable bonds is 6. The van der Waals surface area contributed by atoms with Crippen molar-refractivity contribution in [2.45, 2.75) is 25.8 Å². The molecule has 0 radical (unpaired) electrons. The lowest BCUT2D eigenvalue weighted by Crippen LogP contribution is -2.26. The fourth-order valence-electron chi connectivity index (χ4n) is 1.92. The molecular weight excluding hydrogens is 214 g/mol. The van der Waals surface area contributed by atoms with Gasteiger partial charge in [-0.1, -0.05) is 6.92 Å². The van der Waals surface area contributed by atoms with Crippen molar-refractivity contribution in [1.29, 1.82) is 0 Å². The molecule has 17 heavy (non-hydrogen) atoms. The molecule has 0 spiro atoms. The number of hydrogen-bond acceptors (Lipinski definition) is 3. The van der Waals surface area contributed by atoms with Crippen molar-refractivity contribution in [1.82, 2.24) is 14.9 Å². The van der Waals surface area contributed by atoms with E-state index in [1.165, 1.54) is 0 Å². The normalized spacial score (nSPS) is 12.8. The first-order valence-corrected chi connectivity index (χ1v) is 6.04. The van der Waals surface area contributed by atoms with Gasteiger partial charge in [-0.25, -0.2) is 4.98 Å². The molecule has 0 aliphatic heterocycles. The molecule has 0 saturated heterocycles. The molecule has 4 nitrogen and oxygen atoms in total. The second-order valence-electron chi connectivity index (χ2n) is 4.19. The molecule has 0 aliphatic carbocycles. The van der Waals surface area contributed by atoms with Crippen LogP contribution in [0.25, 0.3) is 0 Å². The highest BCUT2D eigenvalue weighted by molar-refractivity contribution is 5.07.